The third kappa shape index (κ3) is 2.97. The van der Waals surface area contributed by atoms with Gasteiger partial charge in [0.1, 0.15) is 18.1 Å². The van der Waals surface area contributed by atoms with Gasteiger partial charge in [-0.3, -0.25) is 9.78 Å². The second-order valence-corrected chi connectivity index (χ2v) is 5.67. The zero-order valence-corrected chi connectivity index (χ0v) is 13.2. The van der Waals surface area contributed by atoms with E-state index in [9.17, 15) is 9.59 Å². The number of urea groups is 1. The average Bonchev–Trinajstić information content (AvgIpc) is 3.18. The maximum atomic E-state index is 12.5. The molecule has 7 nitrogen and oxygen atoms in total. The fourth-order valence-electron chi connectivity index (χ4n) is 2.71. The second-order valence-electron chi connectivity index (χ2n) is 5.67. The molecule has 0 saturated carbocycles. The number of carbonyl (C=O) groups excluding carboxylic acids is 2. The number of imide groups is 1. The average molecular weight is 337 g/mol. The molecule has 1 aromatic carbocycles. The normalized spacial score (nSPS) is 17.3. The van der Waals surface area contributed by atoms with Crippen LogP contribution in [0.4, 0.5) is 4.79 Å². The molecule has 1 aliphatic heterocycles. The molecule has 1 saturated heterocycles. The van der Waals surface area contributed by atoms with Gasteiger partial charge in [0.2, 0.25) is 0 Å². The number of amides is 3. The fraction of sp³-hybridized carbons (Fsp3) is 0.167. The molecular formula is C18H15N3O4. The Hall–Kier alpha value is -3.19. The van der Waals surface area contributed by atoms with Gasteiger partial charge in [0.25, 0.3) is 5.91 Å². The van der Waals surface area contributed by atoms with Crippen molar-refractivity contribution in [2.75, 3.05) is 6.73 Å². The molecule has 3 heterocycles. The summed E-state index contributed by atoms with van der Waals surface area (Å²) in [6, 6.07) is 11.6. The Bertz CT molecular complexity index is 889. The van der Waals surface area contributed by atoms with Crippen LogP contribution in [0.25, 0.3) is 11.0 Å². The topological polar surface area (TPSA) is 84.7 Å². The molecule has 1 fully saturated rings. The van der Waals surface area contributed by atoms with Crippen molar-refractivity contribution in [3.63, 3.8) is 0 Å². The summed E-state index contributed by atoms with van der Waals surface area (Å²) in [5, 5.41) is 3.40. The van der Waals surface area contributed by atoms with Crippen LogP contribution in [0.1, 0.15) is 17.4 Å². The number of nitrogens with one attached hydrogen (secondary N) is 1. The Balaban J connectivity index is 1.44. The van der Waals surface area contributed by atoms with Crippen molar-refractivity contribution in [3.8, 4) is 0 Å². The van der Waals surface area contributed by atoms with Gasteiger partial charge in [-0.15, -0.1) is 0 Å². The number of fused-ring (bicyclic) bond motifs is 1. The lowest BCUT2D eigenvalue weighted by Crippen LogP contribution is -2.33. The van der Waals surface area contributed by atoms with Crippen molar-refractivity contribution < 1.29 is 18.7 Å². The predicted molar refractivity (Wildman–Crippen MR) is 88.2 cm³/mol. The van der Waals surface area contributed by atoms with Crippen LogP contribution in [0, 0.1) is 0 Å². The van der Waals surface area contributed by atoms with Crippen molar-refractivity contribution in [2.24, 2.45) is 0 Å². The first kappa shape index (κ1) is 15.3. The lowest BCUT2D eigenvalue weighted by atomic mass is 10.2. The van der Waals surface area contributed by atoms with Crippen molar-refractivity contribution >= 4 is 22.9 Å². The van der Waals surface area contributed by atoms with Crippen LogP contribution in [-0.2, 0) is 16.1 Å². The molecular weight excluding hydrogens is 322 g/mol. The summed E-state index contributed by atoms with van der Waals surface area (Å²) in [5.74, 6) is -0.0167. The zero-order chi connectivity index (χ0) is 17.2. The van der Waals surface area contributed by atoms with E-state index in [1.807, 2.05) is 30.3 Å². The van der Waals surface area contributed by atoms with Crippen LogP contribution in [0.15, 0.2) is 59.3 Å². The molecule has 4 rings (SSSR count). The highest BCUT2D eigenvalue weighted by atomic mass is 16.5. The number of nitrogens with zero attached hydrogens (tertiary/aromatic N) is 2. The molecule has 3 amide bonds. The number of hydrogen-bond donors (Lipinski definition) is 1. The molecule has 25 heavy (non-hydrogen) atoms. The van der Waals surface area contributed by atoms with Gasteiger partial charge in [0, 0.05) is 17.8 Å². The number of carbonyl (C=O) groups is 2. The summed E-state index contributed by atoms with van der Waals surface area (Å²) < 4.78 is 11.1. The number of rotatable bonds is 5. The Labute approximate surface area is 143 Å². The summed E-state index contributed by atoms with van der Waals surface area (Å²) in [4.78, 5) is 29.7. The molecule has 1 aliphatic rings. The number of pyridine rings is 1. The molecule has 126 valence electrons. The van der Waals surface area contributed by atoms with Crippen LogP contribution in [0.5, 0.6) is 0 Å². The fourth-order valence-corrected chi connectivity index (χ4v) is 2.71. The van der Waals surface area contributed by atoms with E-state index in [2.05, 4.69) is 10.3 Å². The standard InChI is InChI=1S/C18H15N3O4/c22-17-16(15-8-13-9-19-7-6-14(13)25-15)20-18(23)21(17)11-24-10-12-4-2-1-3-5-12/h1-9,16H,10-11H2,(H,20,23)/t16-/m0/s1. The van der Waals surface area contributed by atoms with Crippen LogP contribution in [0.2, 0.25) is 0 Å². The number of furan rings is 1. The van der Waals surface area contributed by atoms with E-state index in [0.717, 1.165) is 15.8 Å². The van der Waals surface area contributed by atoms with Gasteiger partial charge >= 0.3 is 6.03 Å². The van der Waals surface area contributed by atoms with Gasteiger partial charge in [-0.25, -0.2) is 9.69 Å². The molecule has 0 unspecified atom stereocenters. The zero-order valence-electron chi connectivity index (χ0n) is 13.2. The number of benzene rings is 1. The number of ether oxygens (including phenoxy) is 1. The Morgan fingerprint density at radius 1 is 1.20 bits per heavy atom. The molecule has 7 heteroatoms. The predicted octanol–water partition coefficient (Wildman–Crippen LogP) is 2.60. The van der Waals surface area contributed by atoms with E-state index in [0.29, 0.717) is 18.0 Å². The lowest BCUT2D eigenvalue weighted by Gasteiger charge is -2.13. The summed E-state index contributed by atoms with van der Waals surface area (Å²) in [7, 11) is 0. The highest BCUT2D eigenvalue weighted by molar-refractivity contribution is 6.04. The van der Waals surface area contributed by atoms with Crippen molar-refractivity contribution in [3.05, 3.63) is 66.2 Å². The first-order valence-electron chi connectivity index (χ1n) is 7.79. The minimum absolute atomic E-state index is 0.113. The van der Waals surface area contributed by atoms with Crippen molar-refractivity contribution in [2.45, 2.75) is 12.6 Å². The molecule has 1 N–H and O–H groups in total. The van der Waals surface area contributed by atoms with E-state index < -0.39 is 18.0 Å². The van der Waals surface area contributed by atoms with E-state index in [4.69, 9.17) is 9.15 Å². The molecule has 2 aromatic heterocycles. The van der Waals surface area contributed by atoms with Gasteiger partial charge in [-0.05, 0) is 17.7 Å². The highest BCUT2D eigenvalue weighted by Crippen LogP contribution is 2.27. The number of hydrogen-bond acceptors (Lipinski definition) is 5. The number of aromatic nitrogens is 1. The molecule has 1 atom stereocenters. The molecule has 0 spiro atoms. The maximum Gasteiger partial charge on any atom is 0.327 e. The first-order chi connectivity index (χ1) is 12.2. The van der Waals surface area contributed by atoms with Crippen LogP contribution in [-0.4, -0.2) is 28.6 Å². The lowest BCUT2D eigenvalue weighted by molar-refractivity contribution is -0.132. The van der Waals surface area contributed by atoms with Gasteiger partial charge in [0.05, 0.1) is 6.61 Å². The monoisotopic (exact) mass is 337 g/mol. The van der Waals surface area contributed by atoms with E-state index in [1.54, 1.807) is 24.5 Å². The van der Waals surface area contributed by atoms with Crippen molar-refractivity contribution in [1.82, 2.24) is 15.2 Å². The summed E-state index contributed by atoms with van der Waals surface area (Å²) in [5.41, 5.74) is 1.58. The van der Waals surface area contributed by atoms with Crippen LogP contribution in [0.3, 0.4) is 0 Å². The van der Waals surface area contributed by atoms with Gasteiger partial charge in [-0.2, -0.15) is 0 Å². The van der Waals surface area contributed by atoms with E-state index in [-0.39, 0.29) is 6.73 Å². The third-order valence-corrected chi connectivity index (χ3v) is 3.98. The smallest absolute Gasteiger partial charge is 0.327 e. The minimum atomic E-state index is -0.847. The van der Waals surface area contributed by atoms with Crippen molar-refractivity contribution in [1.29, 1.82) is 0 Å². The summed E-state index contributed by atoms with van der Waals surface area (Å²) in [6.07, 6.45) is 3.25. The summed E-state index contributed by atoms with van der Waals surface area (Å²) in [6.45, 7) is 0.205. The SMILES string of the molecule is O=C1N[C@@H](c2cc3cnccc3o2)C(=O)N1COCc1ccccc1. The third-order valence-electron chi connectivity index (χ3n) is 3.98. The van der Waals surface area contributed by atoms with E-state index >= 15 is 0 Å². The van der Waals surface area contributed by atoms with Crippen LogP contribution >= 0.6 is 0 Å². The summed E-state index contributed by atoms with van der Waals surface area (Å²) >= 11 is 0. The van der Waals surface area contributed by atoms with Gasteiger partial charge < -0.3 is 14.5 Å². The first-order valence-corrected chi connectivity index (χ1v) is 7.79. The molecule has 0 aliphatic carbocycles. The Morgan fingerprint density at radius 2 is 2.04 bits per heavy atom. The highest BCUT2D eigenvalue weighted by Gasteiger charge is 2.40. The Morgan fingerprint density at radius 3 is 2.84 bits per heavy atom. The Kier molecular flexibility index (Phi) is 3.91. The quantitative estimate of drug-likeness (QED) is 0.723. The molecule has 3 aromatic rings. The second kappa shape index (κ2) is 6.37. The van der Waals surface area contributed by atoms with E-state index in [1.165, 1.54) is 0 Å². The largest absolute Gasteiger partial charge is 0.458 e. The molecule has 0 bridgehead atoms. The maximum absolute atomic E-state index is 12.5. The minimum Gasteiger partial charge on any atom is -0.458 e. The van der Waals surface area contributed by atoms with Gasteiger partial charge in [0.15, 0.2) is 6.04 Å². The van der Waals surface area contributed by atoms with Gasteiger partial charge in [-0.1, -0.05) is 30.3 Å². The van der Waals surface area contributed by atoms with Crippen LogP contribution < -0.4 is 5.32 Å². The molecule has 0 radical (unpaired) electrons.